The van der Waals surface area contributed by atoms with Crippen LogP contribution in [0.1, 0.15) is 25.7 Å². The van der Waals surface area contributed by atoms with Gasteiger partial charge in [0.2, 0.25) is 0 Å². The van der Waals surface area contributed by atoms with Gasteiger partial charge in [-0.25, -0.2) is 0 Å². The van der Waals surface area contributed by atoms with Crippen LogP contribution in [0.3, 0.4) is 0 Å². The minimum absolute atomic E-state index is 0.0299. The van der Waals surface area contributed by atoms with Gasteiger partial charge in [-0.2, -0.15) is 0 Å². The molecule has 0 heterocycles. The van der Waals surface area contributed by atoms with Gasteiger partial charge < -0.3 is 10.2 Å². The third-order valence-corrected chi connectivity index (χ3v) is 4.81. The molecule has 13 heavy (non-hydrogen) atoms. The summed E-state index contributed by atoms with van der Waals surface area (Å²) in [5, 5.41) is 18.8. The van der Waals surface area contributed by atoms with Gasteiger partial charge in [0.15, 0.2) is 0 Å². The van der Waals surface area contributed by atoms with E-state index in [4.69, 9.17) is 0 Å². The fraction of sp³-hybridized carbons (Fsp3) is 1.00. The SMILES string of the molecule is OCC1CC2CC1C1CC(O)CC21. The van der Waals surface area contributed by atoms with Crippen LogP contribution in [0.15, 0.2) is 0 Å². The highest BCUT2D eigenvalue weighted by molar-refractivity contribution is 5.04. The Kier molecular flexibility index (Phi) is 1.72. The second kappa shape index (κ2) is 2.71. The topological polar surface area (TPSA) is 40.5 Å². The van der Waals surface area contributed by atoms with Crippen LogP contribution in [0, 0.1) is 29.6 Å². The van der Waals surface area contributed by atoms with E-state index in [0.29, 0.717) is 12.5 Å². The van der Waals surface area contributed by atoms with E-state index < -0.39 is 0 Å². The lowest BCUT2D eigenvalue weighted by Crippen LogP contribution is -2.26. The Morgan fingerprint density at radius 1 is 0.923 bits per heavy atom. The van der Waals surface area contributed by atoms with Crippen molar-refractivity contribution in [1.29, 1.82) is 0 Å². The number of aliphatic hydroxyl groups excluding tert-OH is 2. The third-order valence-electron chi connectivity index (χ3n) is 4.81. The van der Waals surface area contributed by atoms with Gasteiger partial charge >= 0.3 is 0 Å². The van der Waals surface area contributed by atoms with Gasteiger partial charge in [-0.05, 0) is 55.3 Å². The molecule has 0 saturated heterocycles. The van der Waals surface area contributed by atoms with Gasteiger partial charge in [0.1, 0.15) is 0 Å². The number of rotatable bonds is 1. The van der Waals surface area contributed by atoms with Crippen molar-refractivity contribution in [2.45, 2.75) is 31.8 Å². The molecule has 2 nitrogen and oxygen atoms in total. The van der Waals surface area contributed by atoms with Crippen LogP contribution >= 0.6 is 0 Å². The number of fused-ring (bicyclic) bond motifs is 5. The monoisotopic (exact) mass is 182 g/mol. The fourth-order valence-electron chi connectivity index (χ4n) is 4.39. The van der Waals surface area contributed by atoms with Gasteiger partial charge in [0, 0.05) is 6.61 Å². The molecule has 3 aliphatic carbocycles. The first kappa shape index (κ1) is 8.25. The number of hydrogen-bond acceptors (Lipinski definition) is 2. The van der Waals surface area contributed by atoms with Crippen LogP contribution in [-0.4, -0.2) is 22.9 Å². The van der Waals surface area contributed by atoms with Crippen LogP contribution in [-0.2, 0) is 0 Å². The third kappa shape index (κ3) is 1.02. The minimum atomic E-state index is -0.0299. The van der Waals surface area contributed by atoms with E-state index in [0.717, 1.165) is 36.5 Å². The highest BCUT2D eigenvalue weighted by Crippen LogP contribution is 2.60. The van der Waals surface area contributed by atoms with Gasteiger partial charge in [-0.1, -0.05) is 0 Å². The van der Waals surface area contributed by atoms with Gasteiger partial charge in [0.05, 0.1) is 6.10 Å². The summed E-state index contributed by atoms with van der Waals surface area (Å²) in [6.45, 7) is 0.375. The number of hydrogen-bond donors (Lipinski definition) is 2. The van der Waals surface area contributed by atoms with Crippen LogP contribution in [0.4, 0.5) is 0 Å². The van der Waals surface area contributed by atoms with Gasteiger partial charge in [-0.15, -0.1) is 0 Å². The van der Waals surface area contributed by atoms with Gasteiger partial charge in [0.25, 0.3) is 0 Å². The molecule has 0 aromatic heterocycles. The van der Waals surface area contributed by atoms with Crippen LogP contribution in [0.25, 0.3) is 0 Å². The van der Waals surface area contributed by atoms with E-state index in [-0.39, 0.29) is 6.10 Å². The Bertz CT molecular complexity index is 212. The van der Waals surface area contributed by atoms with Crippen molar-refractivity contribution in [3.8, 4) is 0 Å². The summed E-state index contributed by atoms with van der Waals surface area (Å²) in [6.07, 6.45) is 4.60. The van der Waals surface area contributed by atoms with E-state index in [2.05, 4.69) is 0 Å². The summed E-state index contributed by atoms with van der Waals surface area (Å²) in [5.74, 6) is 3.71. The Labute approximate surface area is 79.0 Å². The normalized spacial score (nSPS) is 58.6. The molecule has 74 valence electrons. The molecule has 0 aliphatic heterocycles. The zero-order chi connectivity index (χ0) is 9.00. The lowest BCUT2D eigenvalue weighted by molar-refractivity contribution is 0.119. The molecule has 0 amide bonds. The molecule has 0 aromatic rings. The predicted octanol–water partition coefficient (Wildman–Crippen LogP) is 1.02. The molecule has 2 N–H and O–H groups in total. The van der Waals surface area contributed by atoms with Gasteiger partial charge in [-0.3, -0.25) is 0 Å². The summed E-state index contributed by atoms with van der Waals surface area (Å²) in [6, 6.07) is 0. The maximum atomic E-state index is 9.59. The first-order chi connectivity index (χ1) is 6.29. The fourth-order valence-corrected chi connectivity index (χ4v) is 4.39. The summed E-state index contributed by atoms with van der Waals surface area (Å²) in [4.78, 5) is 0. The lowest BCUT2D eigenvalue weighted by atomic mass is 9.76. The van der Waals surface area contributed by atoms with Crippen molar-refractivity contribution >= 4 is 0 Å². The van der Waals surface area contributed by atoms with E-state index in [1.165, 1.54) is 12.8 Å². The van der Waals surface area contributed by atoms with Crippen LogP contribution < -0.4 is 0 Å². The number of aliphatic hydroxyl groups is 2. The van der Waals surface area contributed by atoms with E-state index >= 15 is 0 Å². The van der Waals surface area contributed by atoms with Crippen molar-refractivity contribution in [2.75, 3.05) is 6.61 Å². The first-order valence-electron chi connectivity index (χ1n) is 5.58. The Balaban J connectivity index is 1.81. The molecular formula is C11H18O2. The molecular weight excluding hydrogens is 164 g/mol. The summed E-state index contributed by atoms with van der Waals surface area (Å²) in [7, 11) is 0. The molecule has 0 radical (unpaired) electrons. The van der Waals surface area contributed by atoms with E-state index in [1.54, 1.807) is 0 Å². The predicted molar refractivity (Wildman–Crippen MR) is 49.0 cm³/mol. The Hall–Kier alpha value is -0.0800. The van der Waals surface area contributed by atoms with Crippen molar-refractivity contribution < 1.29 is 10.2 Å². The van der Waals surface area contributed by atoms with Crippen molar-refractivity contribution in [1.82, 2.24) is 0 Å². The average Bonchev–Trinajstić information content (AvgIpc) is 2.71. The highest BCUT2D eigenvalue weighted by atomic mass is 16.3. The summed E-state index contributed by atoms with van der Waals surface area (Å²) < 4.78 is 0. The molecule has 3 fully saturated rings. The summed E-state index contributed by atoms with van der Waals surface area (Å²) >= 11 is 0. The average molecular weight is 182 g/mol. The Morgan fingerprint density at radius 2 is 1.69 bits per heavy atom. The molecule has 2 heteroatoms. The molecule has 2 bridgehead atoms. The Morgan fingerprint density at radius 3 is 2.46 bits per heavy atom. The first-order valence-corrected chi connectivity index (χ1v) is 5.58. The van der Waals surface area contributed by atoms with Crippen LogP contribution in [0.2, 0.25) is 0 Å². The smallest absolute Gasteiger partial charge is 0.0546 e. The maximum absolute atomic E-state index is 9.59. The second-order valence-corrected chi connectivity index (χ2v) is 5.29. The largest absolute Gasteiger partial charge is 0.396 e. The van der Waals surface area contributed by atoms with Crippen molar-refractivity contribution in [3.63, 3.8) is 0 Å². The zero-order valence-corrected chi connectivity index (χ0v) is 7.89. The maximum Gasteiger partial charge on any atom is 0.0546 e. The summed E-state index contributed by atoms with van der Waals surface area (Å²) in [5.41, 5.74) is 0. The lowest BCUT2D eigenvalue weighted by Gasteiger charge is -2.29. The molecule has 6 unspecified atom stereocenters. The second-order valence-electron chi connectivity index (χ2n) is 5.29. The van der Waals surface area contributed by atoms with Crippen molar-refractivity contribution in [3.05, 3.63) is 0 Å². The van der Waals surface area contributed by atoms with E-state index in [1.807, 2.05) is 0 Å². The zero-order valence-electron chi connectivity index (χ0n) is 7.89. The highest BCUT2D eigenvalue weighted by Gasteiger charge is 2.55. The molecule has 3 rings (SSSR count). The molecule has 0 spiro atoms. The van der Waals surface area contributed by atoms with Crippen molar-refractivity contribution in [2.24, 2.45) is 29.6 Å². The molecule has 3 saturated carbocycles. The quantitative estimate of drug-likeness (QED) is 0.635. The molecule has 3 aliphatic rings. The van der Waals surface area contributed by atoms with E-state index in [9.17, 15) is 10.2 Å². The minimum Gasteiger partial charge on any atom is -0.396 e. The van der Waals surface area contributed by atoms with Crippen LogP contribution in [0.5, 0.6) is 0 Å². The standard InChI is InChI=1S/C11H18O2/c12-5-7-1-6-2-9(7)11-4-8(13)3-10(6)11/h6-13H,1-5H2. The molecule has 0 aromatic carbocycles. The molecule has 6 atom stereocenters.